The Morgan fingerprint density at radius 2 is 1.94 bits per heavy atom. The van der Waals surface area contributed by atoms with E-state index in [4.69, 9.17) is 10.5 Å². The van der Waals surface area contributed by atoms with Crippen LogP contribution in [0.5, 0.6) is 5.75 Å². The molecule has 90 valence electrons. The van der Waals surface area contributed by atoms with Crippen molar-refractivity contribution in [2.45, 2.75) is 38.8 Å². The van der Waals surface area contributed by atoms with Crippen LogP contribution in [0.4, 0.5) is 0 Å². The lowest BCUT2D eigenvalue weighted by molar-refractivity contribution is 0.00846. The predicted octanol–water partition coefficient (Wildman–Crippen LogP) is 2.25. The van der Waals surface area contributed by atoms with Gasteiger partial charge in [-0.1, -0.05) is 19.1 Å². The summed E-state index contributed by atoms with van der Waals surface area (Å²) in [4.78, 5) is 0. The zero-order valence-corrected chi connectivity index (χ0v) is 10.2. The number of hydrogen-bond acceptors (Lipinski definition) is 3. The molecule has 3 heteroatoms. The van der Waals surface area contributed by atoms with Crippen LogP contribution in [0.3, 0.4) is 0 Å². The molecule has 0 heterocycles. The predicted molar refractivity (Wildman–Crippen MR) is 65.5 cm³/mol. The van der Waals surface area contributed by atoms with E-state index in [1.54, 1.807) is 6.92 Å². The molecule has 3 nitrogen and oxygen atoms in total. The summed E-state index contributed by atoms with van der Waals surface area (Å²) in [5, 5.41) is 9.78. The Kier molecular flexibility index (Phi) is 4.33. The topological polar surface area (TPSA) is 55.5 Å². The maximum absolute atomic E-state index is 9.78. The summed E-state index contributed by atoms with van der Waals surface area (Å²) >= 11 is 0. The van der Waals surface area contributed by atoms with Crippen LogP contribution in [0.15, 0.2) is 24.3 Å². The fourth-order valence-electron chi connectivity index (χ4n) is 1.21. The molecule has 1 rings (SSSR count). The van der Waals surface area contributed by atoms with Gasteiger partial charge in [-0.25, -0.2) is 0 Å². The van der Waals surface area contributed by atoms with Crippen LogP contribution in [0.25, 0.3) is 0 Å². The summed E-state index contributed by atoms with van der Waals surface area (Å²) in [5.74, 6) is 0.762. The molecule has 0 aliphatic heterocycles. The van der Waals surface area contributed by atoms with Crippen LogP contribution in [0.1, 0.15) is 38.8 Å². The SMILES string of the molecule is CCC(C)(O)COc1ccc([C@@H](C)N)cc1. The van der Waals surface area contributed by atoms with E-state index >= 15 is 0 Å². The van der Waals surface area contributed by atoms with Gasteiger partial charge in [0.15, 0.2) is 0 Å². The van der Waals surface area contributed by atoms with E-state index < -0.39 is 5.60 Å². The lowest BCUT2D eigenvalue weighted by atomic mass is 10.1. The fourth-order valence-corrected chi connectivity index (χ4v) is 1.21. The second-order valence-corrected chi connectivity index (χ2v) is 4.50. The van der Waals surface area contributed by atoms with Gasteiger partial charge in [-0.15, -0.1) is 0 Å². The highest BCUT2D eigenvalue weighted by molar-refractivity contribution is 5.28. The normalized spacial score (nSPS) is 16.6. The van der Waals surface area contributed by atoms with E-state index in [2.05, 4.69) is 0 Å². The van der Waals surface area contributed by atoms with Gasteiger partial charge in [-0.05, 0) is 38.0 Å². The van der Waals surface area contributed by atoms with Crippen molar-refractivity contribution in [1.82, 2.24) is 0 Å². The van der Waals surface area contributed by atoms with Crippen LogP contribution >= 0.6 is 0 Å². The monoisotopic (exact) mass is 223 g/mol. The van der Waals surface area contributed by atoms with Crippen molar-refractivity contribution in [1.29, 1.82) is 0 Å². The number of rotatable bonds is 5. The first-order chi connectivity index (χ1) is 7.44. The van der Waals surface area contributed by atoms with Crippen molar-refractivity contribution < 1.29 is 9.84 Å². The highest BCUT2D eigenvalue weighted by Gasteiger charge is 2.18. The Hall–Kier alpha value is -1.06. The lowest BCUT2D eigenvalue weighted by Crippen LogP contribution is -2.31. The van der Waals surface area contributed by atoms with Crippen LogP contribution in [-0.2, 0) is 0 Å². The molecule has 0 aromatic heterocycles. The average molecular weight is 223 g/mol. The Morgan fingerprint density at radius 3 is 2.38 bits per heavy atom. The van der Waals surface area contributed by atoms with Crippen LogP contribution in [0, 0.1) is 0 Å². The van der Waals surface area contributed by atoms with Crippen molar-refractivity contribution in [2.24, 2.45) is 5.73 Å². The molecule has 0 fully saturated rings. The molecule has 0 amide bonds. The molecule has 3 N–H and O–H groups in total. The van der Waals surface area contributed by atoms with Gasteiger partial charge in [0.25, 0.3) is 0 Å². The fraction of sp³-hybridized carbons (Fsp3) is 0.538. The van der Waals surface area contributed by atoms with Gasteiger partial charge in [0, 0.05) is 6.04 Å². The molecule has 16 heavy (non-hydrogen) atoms. The van der Waals surface area contributed by atoms with Gasteiger partial charge in [-0.3, -0.25) is 0 Å². The van der Waals surface area contributed by atoms with E-state index in [1.807, 2.05) is 38.1 Å². The Morgan fingerprint density at radius 1 is 1.38 bits per heavy atom. The standard InChI is InChI=1S/C13H21NO2/c1-4-13(3,15)9-16-12-7-5-11(6-8-12)10(2)14/h5-8,10,15H,4,9,14H2,1-3H3/t10-,13?/m1/s1. The quantitative estimate of drug-likeness (QED) is 0.805. The zero-order chi connectivity index (χ0) is 12.2. The number of ether oxygens (including phenoxy) is 1. The van der Waals surface area contributed by atoms with Gasteiger partial charge in [0.1, 0.15) is 12.4 Å². The lowest BCUT2D eigenvalue weighted by Gasteiger charge is -2.21. The second-order valence-electron chi connectivity index (χ2n) is 4.50. The zero-order valence-electron chi connectivity index (χ0n) is 10.2. The van der Waals surface area contributed by atoms with Crippen molar-refractivity contribution in [3.05, 3.63) is 29.8 Å². The van der Waals surface area contributed by atoms with Crippen molar-refractivity contribution in [3.8, 4) is 5.75 Å². The van der Waals surface area contributed by atoms with E-state index in [1.165, 1.54) is 0 Å². The van der Waals surface area contributed by atoms with Crippen LogP contribution in [-0.4, -0.2) is 17.3 Å². The smallest absolute Gasteiger partial charge is 0.119 e. The van der Waals surface area contributed by atoms with Crippen molar-refractivity contribution >= 4 is 0 Å². The summed E-state index contributed by atoms with van der Waals surface area (Å²) in [6, 6.07) is 7.68. The highest BCUT2D eigenvalue weighted by Crippen LogP contribution is 2.18. The van der Waals surface area contributed by atoms with Gasteiger partial charge < -0.3 is 15.6 Å². The Balaban J connectivity index is 2.56. The molecule has 0 aliphatic carbocycles. The third-order valence-corrected chi connectivity index (χ3v) is 2.72. The molecule has 1 aromatic carbocycles. The first kappa shape index (κ1) is 13.0. The number of aliphatic hydroxyl groups is 1. The van der Waals surface area contributed by atoms with Crippen molar-refractivity contribution in [3.63, 3.8) is 0 Å². The van der Waals surface area contributed by atoms with E-state index in [-0.39, 0.29) is 6.04 Å². The molecule has 2 atom stereocenters. The number of benzene rings is 1. The summed E-state index contributed by atoms with van der Waals surface area (Å²) in [7, 11) is 0. The molecule has 0 spiro atoms. The van der Waals surface area contributed by atoms with Crippen LogP contribution in [0.2, 0.25) is 0 Å². The molecule has 0 radical (unpaired) electrons. The summed E-state index contributed by atoms with van der Waals surface area (Å²) in [6.07, 6.45) is 0.672. The average Bonchev–Trinajstić information content (AvgIpc) is 2.27. The van der Waals surface area contributed by atoms with E-state index in [0.29, 0.717) is 13.0 Å². The summed E-state index contributed by atoms with van der Waals surface area (Å²) in [5.41, 5.74) is 6.06. The molecule has 0 aliphatic rings. The van der Waals surface area contributed by atoms with E-state index in [0.717, 1.165) is 11.3 Å². The van der Waals surface area contributed by atoms with Gasteiger partial charge >= 0.3 is 0 Å². The largest absolute Gasteiger partial charge is 0.491 e. The molecule has 0 bridgehead atoms. The van der Waals surface area contributed by atoms with E-state index in [9.17, 15) is 5.11 Å². The maximum Gasteiger partial charge on any atom is 0.119 e. The highest BCUT2D eigenvalue weighted by atomic mass is 16.5. The third-order valence-electron chi connectivity index (χ3n) is 2.72. The third kappa shape index (κ3) is 3.83. The molecule has 1 unspecified atom stereocenters. The molecular formula is C13H21NO2. The molecule has 0 saturated carbocycles. The number of nitrogens with two attached hydrogens (primary N) is 1. The first-order valence-electron chi connectivity index (χ1n) is 5.65. The Labute approximate surface area is 97.2 Å². The molecular weight excluding hydrogens is 202 g/mol. The number of hydrogen-bond donors (Lipinski definition) is 2. The maximum atomic E-state index is 9.78. The minimum atomic E-state index is -0.764. The van der Waals surface area contributed by atoms with Gasteiger partial charge in [0.05, 0.1) is 5.60 Å². The minimum absolute atomic E-state index is 0.0350. The summed E-state index contributed by atoms with van der Waals surface area (Å²) < 4.78 is 5.51. The Bertz CT molecular complexity index is 317. The van der Waals surface area contributed by atoms with Gasteiger partial charge in [0.2, 0.25) is 0 Å². The molecule has 0 saturated heterocycles. The van der Waals surface area contributed by atoms with Gasteiger partial charge in [-0.2, -0.15) is 0 Å². The van der Waals surface area contributed by atoms with Crippen molar-refractivity contribution in [2.75, 3.05) is 6.61 Å². The molecule has 1 aromatic rings. The first-order valence-corrected chi connectivity index (χ1v) is 5.65. The minimum Gasteiger partial charge on any atom is -0.491 e. The van der Waals surface area contributed by atoms with Crippen LogP contribution < -0.4 is 10.5 Å². The summed E-state index contributed by atoms with van der Waals surface area (Å²) in [6.45, 7) is 5.95. The second kappa shape index (κ2) is 5.32.